The van der Waals surface area contributed by atoms with Crippen LogP contribution in [0.3, 0.4) is 0 Å². The molecule has 1 heterocycles. The van der Waals surface area contributed by atoms with Gasteiger partial charge in [-0.1, -0.05) is 12.1 Å². The number of benzene rings is 1. The largest absolute Gasteiger partial charge is 0.488 e. The molecule has 0 bridgehead atoms. The van der Waals surface area contributed by atoms with Crippen LogP contribution in [0.15, 0.2) is 33.7 Å². The Kier molecular flexibility index (Phi) is 10.5. The number of guanidine groups is 1. The van der Waals surface area contributed by atoms with E-state index in [1.807, 2.05) is 31.2 Å². The fraction of sp³-hybridized carbons (Fsp3) is 0.444. The first kappa shape index (κ1) is 23.2. The van der Waals surface area contributed by atoms with Gasteiger partial charge in [0.15, 0.2) is 5.96 Å². The van der Waals surface area contributed by atoms with Crippen LogP contribution in [0, 0.1) is 13.8 Å². The predicted octanol–water partition coefficient (Wildman–Crippen LogP) is 4.32. The first-order chi connectivity index (χ1) is 12.0. The first-order valence-corrected chi connectivity index (χ1v) is 9.89. The topological polar surface area (TPSA) is 58.5 Å². The SMILES string of the molecule is CN=C(NCCc1nc(C)c(C)s1)NCC(C)Oc1ccccc1Br.I. The quantitative estimate of drug-likeness (QED) is 0.305. The Labute approximate surface area is 185 Å². The van der Waals surface area contributed by atoms with Gasteiger partial charge in [0.2, 0.25) is 0 Å². The van der Waals surface area contributed by atoms with Gasteiger partial charge in [-0.2, -0.15) is 0 Å². The summed E-state index contributed by atoms with van der Waals surface area (Å²) in [5, 5.41) is 7.77. The maximum atomic E-state index is 5.93. The molecule has 0 saturated heterocycles. The normalized spacial score (nSPS) is 12.3. The third kappa shape index (κ3) is 7.40. The maximum Gasteiger partial charge on any atom is 0.191 e. The fourth-order valence-corrected chi connectivity index (χ4v) is 3.51. The molecule has 8 heteroatoms. The number of hydrogen-bond acceptors (Lipinski definition) is 4. The van der Waals surface area contributed by atoms with Gasteiger partial charge >= 0.3 is 0 Å². The zero-order valence-corrected chi connectivity index (χ0v) is 20.2. The number of aliphatic imine (C=N–C) groups is 1. The van der Waals surface area contributed by atoms with Gasteiger partial charge in [0.05, 0.1) is 21.7 Å². The second kappa shape index (κ2) is 11.8. The lowest BCUT2D eigenvalue weighted by Crippen LogP contribution is -2.42. The molecule has 2 aromatic rings. The van der Waals surface area contributed by atoms with E-state index in [0.29, 0.717) is 6.54 Å². The van der Waals surface area contributed by atoms with Crippen molar-refractivity contribution in [3.63, 3.8) is 0 Å². The highest BCUT2D eigenvalue weighted by Gasteiger charge is 2.08. The molecule has 144 valence electrons. The number of thiazole rings is 1. The molecule has 0 spiro atoms. The number of rotatable bonds is 7. The van der Waals surface area contributed by atoms with E-state index in [2.05, 4.69) is 50.4 Å². The fourth-order valence-electron chi connectivity index (χ4n) is 2.19. The van der Waals surface area contributed by atoms with Crippen molar-refractivity contribution < 1.29 is 4.74 Å². The maximum absolute atomic E-state index is 5.93. The second-order valence-corrected chi connectivity index (χ2v) is 7.88. The Hall–Kier alpha value is -0.870. The Morgan fingerprint density at radius 1 is 1.31 bits per heavy atom. The highest BCUT2D eigenvalue weighted by molar-refractivity contribution is 14.0. The van der Waals surface area contributed by atoms with Crippen molar-refractivity contribution >= 4 is 57.2 Å². The van der Waals surface area contributed by atoms with Crippen LogP contribution in [0.25, 0.3) is 0 Å². The van der Waals surface area contributed by atoms with E-state index in [4.69, 9.17) is 4.74 Å². The smallest absolute Gasteiger partial charge is 0.191 e. The molecule has 0 radical (unpaired) electrons. The molecule has 0 aliphatic carbocycles. The zero-order valence-electron chi connectivity index (χ0n) is 15.5. The third-order valence-electron chi connectivity index (χ3n) is 3.65. The zero-order chi connectivity index (χ0) is 18.2. The van der Waals surface area contributed by atoms with E-state index in [9.17, 15) is 0 Å². The molecule has 5 nitrogen and oxygen atoms in total. The lowest BCUT2D eigenvalue weighted by molar-refractivity contribution is 0.222. The van der Waals surface area contributed by atoms with Crippen molar-refractivity contribution in [1.29, 1.82) is 0 Å². The Bertz CT molecular complexity index is 703. The van der Waals surface area contributed by atoms with Crippen LogP contribution < -0.4 is 15.4 Å². The molecular weight excluding hydrogens is 527 g/mol. The molecule has 0 saturated carbocycles. The summed E-state index contributed by atoms with van der Waals surface area (Å²) in [4.78, 5) is 10.1. The van der Waals surface area contributed by atoms with Gasteiger partial charge in [-0.05, 0) is 48.8 Å². The summed E-state index contributed by atoms with van der Waals surface area (Å²) in [5.41, 5.74) is 1.13. The average Bonchev–Trinajstić information content (AvgIpc) is 2.91. The summed E-state index contributed by atoms with van der Waals surface area (Å²) in [7, 11) is 1.77. The monoisotopic (exact) mass is 552 g/mol. The van der Waals surface area contributed by atoms with Crippen molar-refractivity contribution in [2.75, 3.05) is 20.1 Å². The van der Waals surface area contributed by atoms with Crippen LogP contribution in [-0.2, 0) is 6.42 Å². The van der Waals surface area contributed by atoms with E-state index < -0.39 is 0 Å². The number of nitrogens with one attached hydrogen (secondary N) is 2. The van der Waals surface area contributed by atoms with Crippen LogP contribution >= 0.6 is 51.2 Å². The highest BCUT2D eigenvalue weighted by atomic mass is 127. The molecule has 1 atom stereocenters. The predicted molar refractivity (Wildman–Crippen MR) is 124 cm³/mol. The minimum Gasteiger partial charge on any atom is -0.488 e. The van der Waals surface area contributed by atoms with Gasteiger partial charge in [-0.3, -0.25) is 4.99 Å². The summed E-state index contributed by atoms with van der Waals surface area (Å²) in [5.74, 6) is 1.61. The van der Waals surface area contributed by atoms with E-state index in [1.165, 1.54) is 4.88 Å². The third-order valence-corrected chi connectivity index (χ3v) is 5.44. The molecule has 0 fully saturated rings. The molecule has 2 rings (SSSR count). The Morgan fingerprint density at radius 3 is 2.65 bits per heavy atom. The molecular formula is C18H26BrIN4OS. The van der Waals surface area contributed by atoms with Gasteiger partial charge < -0.3 is 15.4 Å². The summed E-state index contributed by atoms with van der Waals surface area (Å²) >= 11 is 5.25. The standard InChI is InChI=1S/C18H25BrN4OS.HI/c1-12(24-16-8-6-5-7-15(16)19)11-22-18(20-4)21-10-9-17-23-13(2)14(3)25-17;/h5-8,12H,9-11H2,1-4H3,(H2,20,21,22);1H. The summed E-state index contributed by atoms with van der Waals surface area (Å²) in [6.45, 7) is 7.65. The Morgan fingerprint density at radius 2 is 2.04 bits per heavy atom. The van der Waals surface area contributed by atoms with Gasteiger partial charge in [0.25, 0.3) is 0 Å². The number of aryl methyl sites for hydroxylation is 2. The number of nitrogens with zero attached hydrogens (tertiary/aromatic N) is 2. The van der Waals surface area contributed by atoms with E-state index >= 15 is 0 Å². The molecule has 0 aliphatic heterocycles. The van der Waals surface area contributed by atoms with E-state index in [1.54, 1.807) is 18.4 Å². The number of ether oxygens (including phenoxy) is 1. The van der Waals surface area contributed by atoms with Crippen LogP contribution in [-0.4, -0.2) is 37.2 Å². The minimum atomic E-state index is 0. The average molecular weight is 553 g/mol. The van der Waals surface area contributed by atoms with Gasteiger partial charge in [0.1, 0.15) is 11.9 Å². The molecule has 1 aromatic carbocycles. The molecule has 26 heavy (non-hydrogen) atoms. The van der Waals surface area contributed by atoms with Crippen molar-refractivity contribution in [1.82, 2.24) is 15.6 Å². The minimum absolute atomic E-state index is 0. The first-order valence-electron chi connectivity index (χ1n) is 8.28. The molecule has 1 aromatic heterocycles. The van der Waals surface area contributed by atoms with Crippen molar-refractivity contribution in [3.05, 3.63) is 44.3 Å². The number of aromatic nitrogens is 1. The van der Waals surface area contributed by atoms with Crippen LogP contribution in [0.5, 0.6) is 5.75 Å². The summed E-state index contributed by atoms with van der Waals surface area (Å²) < 4.78 is 6.89. The van der Waals surface area contributed by atoms with Crippen LogP contribution in [0.2, 0.25) is 0 Å². The van der Waals surface area contributed by atoms with Crippen molar-refractivity contribution in [3.8, 4) is 5.75 Å². The summed E-state index contributed by atoms with van der Waals surface area (Å²) in [6.07, 6.45) is 0.907. The summed E-state index contributed by atoms with van der Waals surface area (Å²) in [6, 6.07) is 7.85. The number of para-hydroxylation sites is 1. The lowest BCUT2D eigenvalue weighted by atomic mass is 10.3. The number of halogens is 2. The van der Waals surface area contributed by atoms with Crippen LogP contribution in [0.1, 0.15) is 22.5 Å². The van der Waals surface area contributed by atoms with Crippen LogP contribution in [0.4, 0.5) is 0 Å². The van der Waals surface area contributed by atoms with Crippen molar-refractivity contribution in [2.24, 2.45) is 4.99 Å². The second-order valence-electron chi connectivity index (χ2n) is 5.74. The van der Waals surface area contributed by atoms with Gasteiger partial charge in [-0.15, -0.1) is 35.3 Å². The van der Waals surface area contributed by atoms with Crippen molar-refractivity contribution in [2.45, 2.75) is 33.3 Å². The molecule has 0 aliphatic rings. The highest BCUT2D eigenvalue weighted by Crippen LogP contribution is 2.24. The Balaban J connectivity index is 0.00000338. The molecule has 1 unspecified atom stereocenters. The van der Waals surface area contributed by atoms with Gasteiger partial charge in [0, 0.05) is 24.9 Å². The lowest BCUT2D eigenvalue weighted by Gasteiger charge is -2.18. The molecule has 2 N–H and O–H groups in total. The van der Waals surface area contributed by atoms with E-state index in [-0.39, 0.29) is 30.1 Å². The van der Waals surface area contributed by atoms with E-state index in [0.717, 1.165) is 39.8 Å². The van der Waals surface area contributed by atoms with Gasteiger partial charge in [-0.25, -0.2) is 4.98 Å². The molecule has 0 amide bonds. The number of hydrogen-bond donors (Lipinski definition) is 2.